The van der Waals surface area contributed by atoms with Crippen LogP contribution in [-0.4, -0.2) is 63.7 Å². The fourth-order valence-corrected chi connectivity index (χ4v) is 5.27. The molecule has 0 aliphatic carbocycles. The lowest BCUT2D eigenvalue weighted by atomic mass is 10.0. The molecule has 0 bridgehead atoms. The lowest BCUT2D eigenvalue weighted by molar-refractivity contribution is -0.127. The second-order valence-electron chi connectivity index (χ2n) is 10.1. The van der Waals surface area contributed by atoms with Gasteiger partial charge in [0.25, 0.3) is 12.3 Å². The summed E-state index contributed by atoms with van der Waals surface area (Å²) >= 11 is 6.43. The smallest absolute Gasteiger partial charge is 0.263 e. The Morgan fingerprint density at radius 2 is 1.95 bits per heavy atom. The molecule has 2 aliphatic heterocycles. The summed E-state index contributed by atoms with van der Waals surface area (Å²) in [6.45, 7) is 2.50. The standard InChI is InChI=1S/C29H30ClF2N5O4/c1-16(17-3-2-4-19(11-17)26(31)32)34-27(39)24(15-38)37-14-20-6-5-18(12-22(20)28(37)40)25-23(30)13-33-29(36-25)35-21-7-9-41-10-8-21/h2-6,11-13,16,21,24,26,38H,7-10,14-15H2,1H3,(H,34,39)(H,33,35,36). The van der Waals surface area contributed by atoms with Crippen molar-refractivity contribution in [3.63, 3.8) is 0 Å². The van der Waals surface area contributed by atoms with Crippen molar-refractivity contribution in [3.05, 3.63) is 75.9 Å². The van der Waals surface area contributed by atoms with E-state index in [1.165, 1.54) is 29.3 Å². The summed E-state index contributed by atoms with van der Waals surface area (Å²) in [7, 11) is 0. The number of hydrogen-bond acceptors (Lipinski definition) is 7. The van der Waals surface area contributed by atoms with Crippen LogP contribution in [0.1, 0.15) is 59.3 Å². The Morgan fingerprint density at radius 3 is 2.68 bits per heavy atom. The van der Waals surface area contributed by atoms with Crippen LogP contribution >= 0.6 is 11.6 Å². The van der Waals surface area contributed by atoms with E-state index in [9.17, 15) is 23.5 Å². The van der Waals surface area contributed by atoms with Gasteiger partial charge < -0.3 is 25.4 Å². The summed E-state index contributed by atoms with van der Waals surface area (Å²) in [5, 5.41) is 16.5. The Morgan fingerprint density at radius 1 is 1.20 bits per heavy atom. The zero-order valence-corrected chi connectivity index (χ0v) is 23.1. The van der Waals surface area contributed by atoms with E-state index in [1.54, 1.807) is 31.2 Å². The molecule has 1 fully saturated rings. The minimum Gasteiger partial charge on any atom is -0.394 e. The molecule has 5 rings (SSSR count). The van der Waals surface area contributed by atoms with Gasteiger partial charge >= 0.3 is 0 Å². The van der Waals surface area contributed by atoms with Crippen molar-refractivity contribution in [2.75, 3.05) is 25.1 Å². The van der Waals surface area contributed by atoms with E-state index in [4.69, 9.17) is 16.3 Å². The normalized spacial score (nSPS) is 16.9. The number of benzene rings is 2. The summed E-state index contributed by atoms with van der Waals surface area (Å²) in [6, 6.07) is 9.41. The van der Waals surface area contributed by atoms with Crippen LogP contribution in [0.15, 0.2) is 48.7 Å². The molecule has 3 heterocycles. The maximum Gasteiger partial charge on any atom is 0.263 e. The molecule has 9 nitrogen and oxygen atoms in total. The van der Waals surface area contributed by atoms with Crippen molar-refractivity contribution in [1.82, 2.24) is 20.2 Å². The summed E-state index contributed by atoms with van der Waals surface area (Å²) in [4.78, 5) is 36.8. The number of nitrogens with zero attached hydrogens (tertiary/aromatic N) is 3. The van der Waals surface area contributed by atoms with Crippen molar-refractivity contribution in [2.45, 2.75) is 50.9 Å². The van der Waals surface area contributed by atoms with Crippen LogP contribution in [0.5, 0.6) is 0 Å². The van der Waals surface area contributed by atoms with E-state index in [-0.39, 0.29) is 18.2 Å². The Kier molecular flexibility index (Phi) is 8.77. The van der Waals surface area contributed by atoms with Crippen molar-refractivity contribution in [1.29, 1.82) is 0 Å². The molecule has 2 aromatic carbocycles. The number of carbonyl (C=O) groups is 2. The summed E-state index contributed by atoms with van der Waals surface area (Å²) < 4.78 is 31.6. The number of aliphatic hydroxyl groups is 1. The number of ether oxygens (including phenoxy) is 1. The monoisotopic (exact) mass is 585 g/mol. The Hall–Kier alpha value is -3.67. The second-order valence-corrected chi connectivity index (χ2v) is 10.5. The largest absolute Gasteiger partial charge is 0.394 e. The predicted octanol–water partition coefficient (Wildman–Crippen LogP) is 4.52. The second kappa shape index (κ2) is 12.5. The van der Waals surface area contributed by atoms with E-state index < -0.39 is 36.9 Å². The number of alkyl halides is 2. The van der Waals surface area contributed by atoms with Gasteiger partial charge in [-0.25, -0.2) is 18.7 Å². The molecular formula is C29H30ClF2N5O4. The van der Waals surface area contributed by atoms with Crippen LogP contribution in [-0.2, 0) is 16.1 Å². The molecule has 0 radical (unpaired) electrons. The highest BCUT2D eigenvalue weighted by atomic mass is 35.5. The third kappa shape index (κ3) is 6.32. The molecule has 2 amide bonds. The highest BCUT2D eigenvalue weighted by Gasteiger charge is 2.37. The molecule has 2 aliphatic rings. The fourth-order valence-electron chi connectivity index (χ4n) is 5.07. The van der Waals surface area contributed by atoms with Gasteiger partial charge in [0.05, 0.1) is 29.6 Å². The number of aliphatic hydroxyl groups excluding tert-OH is 1. The number of nitrogens with one attached hydrogen (secondary N) is 2. The first-order valence-corrected chi connectivity index (χ1v) is 13.7. The lowest BCUT2D eigenvalue weighted by Gasteiger charge is -2.27. The van der Waals surface area contributed by atoms with Crippen molar-refractivity contribution < 1.29 is 28.2 Å². The minimum absolute atomic E-state index is 0.121. The minimum atomic E-state index is -2.64. The van der Waals surface area contributed by atoms with Gasteiger partial charge in [0, 0.05) is 42.5 Å². The highest BCUT2D eigenvalue weighted by molar-refractivity contribution is 6.33. The van der Waals surface area contributed by atoms with Crippen LogP contribution in [0.25, 0.3) is 11.3 Å². The molecule has 3 N–H and O–H groups in total. The fraction of sp³-hybridized carbons (Fsp3) is 0.379. The first-order valence-electron chi connectivity index (χ1n) is 13.4. The molecule has 2 atom stereocenters. The lowest BCUT2D eigenvalue weighted by Crippen LogP contribution is -2.49. The average molecular weight is 586 g/mol. The van der Waals surface area contributed by atoms with Gasteiger partial charge in [-0.3, -0.25) is 9.59 Å². The van der Waals surface area contributed by atoms with Gasteiger partial charge in [-0.1, -0.05) is 41.9 Å². The SMILES string of the molecule is CC(NC(=O)C(CO)N1Cc2ccc(-c3nc(NC4CCOCC4)ncc3Cl)cc2C1=O)c1cccc(C(F)F)c1. The molecule has 0 saturated carbocycles. The molecule has 1 aromatic heterocycles. The van der Waals surface area contributed by atoms with Crippen molar-refractivity contribution >= 4 is 29.4 Å². The van der Waals surface area contributed by atoms with Crippen molar-refractivity contribution in [2.24, 2.45) is 0 Å². The van der Waals surface area contributed by atoms with Crippen LogP contribution < -0.4 is 10.6 Å². The zero-order chi connectivity index (χ0) is 29.1. The van der Waals surface area contributed by atoms with Crippen LogP contribution in [0.2, 0.25) is 5.02 Å². The zero-order valence-electron chi connectivity index (χ0n) is 22.3. The third-order valence-electron chi connectivity index (χ3n) is 7.39. The first kappa shape index (κ1) is 28.8. The van der Waals surface area contributed by atoms with Gasteiger partial charge in [-0.15, -0.1) is 0 Å². The average Bonchev–Trinajstić information content (AvgIpc) is 3.30. The van der Waals surface area contributed by atoms with E-state index in [2.05, 4.69) is 20.6 Å². The molecule has 3 aromatic rings. The van der Waals surface area contributed by atoms with Crippen molar-refractivity contribution in [3.8, 4) is 11.3 Å². The van der Waals surface area contributed by atoms with Crippen LogP contribution in [0.3, 0.4) is 0 Å². The maximum atomic E-state index is 13.4. The number of aromatic nitrogens is 2. The number of amides is 2. The quantitative estimate of drug-likeness (QED) is 0.338. The van der Waals surface area contributed by atoms with Crippen LogP contribution in [0.4, 0.5) is 14.7 Å². The number of hydrogen-bond donors (Lipinski definition) is 3. The van der Waals surface area contributed by atoms with Gasteiger partial charge in [-0.05, 0) is 43.0 Å². The van der Waals surface area contributed by atoms with E-state index in [0.717, 1.165) is 12.8 Å². The Bertz CT molecular complexity index is 1440. The van der Waals surface area contributed by atoms with Gasteiger partial charge in [0.15, 0.2) is 0 Å². The summed E-state index contributed by atoms with van der Waals surface area (Å²) in [5.41, 5.74) is 2.47. The summed E-state index contributed by atoms with van der Waals surface area (Å²) in [5.74, 6) is -0.587. The summed E-state index contributed by atoms with van der Waals surface area (Å²) in [6.07, 6.45) is 0.549. The third-order valence-corrected chi connectivity index (χ3v) is 7.66. The molecule has 1 saturated heterocycles. The molecule has 2 unspecified atom stereocenters. The van der Waals surface area contributed by atoms with E-state index >= 15 is 0 Å². The number of rotatable bonds is 9. The molecule has 12 heteroatoms. The Balaban J connectivity index is 1.31. The highest BCUT2D eigenvalue weighted by Crippen LogP contribution is 2.33. The topological polar surface area (TPSA) is 117 Å². The maximum absolute atomic E-state index is 13.4. The van der Waals surface area contributed by atoms with Gasteiger partial charge in [-0.2, -0.15) is 0 Å². The first-order chi connectivity index (χ1) is 19.7. The van der Waals surface area contributed by atoms with E-state index in [1.807, 2.05) is 0 Å². The molecular weight excluding hydrogens is 556 g/mol. The number of fused-ring (bicyclic) bond motifs is 1. The molecule has 216 valence electrons. The number of halogens is 3. The van der Waals surface area contributed by atoms with Crippen LogP contribution in [0, 0.1) is 0 Å². The Labute approximate surface area is 240 Å². The predicted molar refractivity (Wildman–Crippen MR) is 149 cm³/mol. The van der Waals surface area contributed by atoms with Gasteiger partial charge in [0.2, 0.25) is 11.9 Å². The molecule has 0 spiro atoms. The number of anilines is 1. The number of carbonyl (C=O) groups excluding carboxylic acids is 2. The van der Waals surface area contributed by atoms with E-state index in [0.29, 0.717) is 52.1 Å². The van der Waals surface area contributed by atoms with Gasteiger partial charge in [0.1, 0.15) is 6.04 Å². The molecule has 41 heavy (non-hydrogen) atoms.